The van der Waals surface area contributed by atoms with Gasteiger partial charge in [0.25, 0.3) is 5.91 Å². The average Bonchev–Trinajstić information content (AvgIpc) is 3.17. The second-order valence-electron chi connectivity index (χ2n) is 6.61. The molecule has 0 aliphatic carbocycles. The standard InChI is InChI=1S/C21H21FN4O2.ClH/c1-25-19(10-11-24-25)21(27)26(18-8-4-16(22)5-9-18)17-6-2-15(3-7-17)20-14-23-12-13-28-20;/h2-11,20,23H,12-14H2,1H3;1H/t20-;/m1./s1. The van der Waals surface area contributed by atoms with E-state index in [1.54, 1.807) is 36.3 Å². The number of morpholine rings is 1. The summed E-state index contributed by atoms with van der Waals surface area (Å²) in [5.74, 6) is -0.594. The first kappa shape index (κ1) is 21.0. The van der Waals surface area contributed by atoms with Crippen LogP contribution in [0.3, 0.4) is 0 Å². The SMILES string of the molecule is Cl.Cn1nccc1C(=O)N(c1ccc(F)cc1)c1ccc([C@H]2CNCCO2)cc1. The van der Waals surface area contributed by atoms with E-state index < -0.39 is 0 Å². The second kappa shape index (κ2) is 9.17. The minimum atomic E-state index is -0.353. The van der Waals surface area contributed by atoms with Gasteiger partial charge in [-0.2, -0.15) is 5.10 Å². The molecule has 2 heterocycles. The topological polar surface area (TPSA) is 59.4 Å². The first-order valence-electron chi connectivity index (χ1n) is 9.14. The largest absolute Gasteiger partial charge is 0.371 e. The number of amides is 1. The fourth-order valence-electron chi connectivity index (χ4n) is 3.29. The zero-order valence-electron chi connectivity index (χ0n) is 15.9. The summed E-state index contributed by atoms with van der Waals surface area (Å²) in [6, 6.07) is 15.2. The molecule has 1 saturated heterocycles. The molecule has 8 heteroatoms. The fraction of sp³-hybridized carbons (Fsp3) is 0.238. The first-order chi connectivity index (χ1) is 13.6. The van der Waals surface area contributed by atoms with Crippen molar-refractivity contribution in [2.24, 2.45) is 7.05 Å². The van der Waals surface area contributed by atoms with Gasteiger partial charge in [-0.25, -0.2) is 4.39 Å². The van der Waals surface area contributed by atoms with Gasteiger partial charge in [0.2, 0.25) is 0 Å². The first-order valence-corrected chi connectivity index (χ1v) is 9.14. The highest BCUT2D eigenvalue weighted by Crippen LogP contribution is 2.29. The highest BCUT2D eigenvalue weighted by atomic mass is 35.5. The third-order valence-corrected chi connectivity index (χ3v) is 4.78. The lowest BCUT2D eigenvalue weighted by Gasteiger charge is -2.26. The van der Waals surface area contributed by atoms with E-state index in [1.165, 1.54) is 16.8 Å². The maximum Gasteiger partial charge on any atom is 0.281 e. The van der Waals surface area contributed by atoms with Gasteiger partial charge in [0, 0.05) is 37.7 Å². The highest BCUT2D eigenvalue weighted by Gasteiger charge is 2.23. The molecule has 0 saturated carbocycles. The third kappa shape index (κ3) is 4.48. The van der Waals surface area contributed by atoms with Gasteiger partial charge in [0.15, 0.2) is 0 Å². The van der Waals surface area contributed by atoms with Gasteiger partial charge in [0.05, 0.1) is 12.7 Å². The number of halogens is 2. The van der Waals surface area contributed by atoms with Gasteiger partial charge in [0.1, 0.15) is 11.5 Å². The monoisotopic (exact) mass is 416 g/mol. The van der Waals surface area contributed by atoms with E-state index >= 15 is 0 Å². The summed E-state index contributed by atoms with van der Waals surface area (Å²) in [6.45, 7) is 2.29. The van der Waals surface area contributed by atoms with Crippen LogP contribution < -0.4 is 10.2 Å². The zero-order chi connectivity index (χ0) is 19.5. The molecule has 1 aromatic heterocycles. The number of nitrogens with zero attached hydrogens (tertiary/aromatic N) is 3. The predicted octanol–water partition coefficient (Wildman–Crippen LogP) is 3.62. The minimum Gasteiger partial charge on any atom is -0.371 e. The van der Waals surface area contributed by atoms with Crippen LogP contribution in [0.1, 0.15) is 22.2 Å². The smallest absolute Gasteiger partial charge is 0.281 e. The number of aromatic nitrogens is 2. The summed E-state index contributed by atoms with van der Waals surface area (Å²) in [6.07, 6.45) is 1.57. The summed E-state index contributed by atoms with van der Waals surface area (Å²) in [5.41, 5.74) is 2.75. The van der Waals surface area contributed by atoms with Crippen LogP contribution in [0, 0.1) is 5.82 Å². The van der Waals surface area contributed by atoms with Crippen LogP contribution in [0.25, 0.3) is 0 Å². The number of ether oxygens (including phenoxy) is 1. The predicted molar refractivity (Wildman–Crippen MR) is 111 cm³/mol. The zero-order valence-corrected chi connectivity index (χ0v) is 16.7. The lowest BCUT2D eigenvalue weighted by atomic mass is 10.1. The molecule has 3 aromatic rings. The average molecular weight is 417 g/mol. The van der Waals surface area contributed by atoms with Crippen molar-refractivity contribution in [3.63, 3.8) is 0 Å². The number of anilines is 2. The molecule has 1 amide bonds. The normalized spacial score (nSPS) is 16.1. The molecule has 0 bridgehead atoms. The van der Waals surface area contributed by atoms with Crippen molar-refractivity contribution in [3.05, 3.63) is 77.9 Å². The van der Waals surface area contributed by atoms with Crippen molar-refractivity contribution < 1.29 is 13.9 Å². The van der Waals surface area contributed by atoms with Crippen molar-refractivity contribution in [3.8, 4) is 0 Å². The van der Waals surface area contributed by atoms with Crippen molar-refractivity contribution in [2.45, 2.75) is 6.10 Å². The van der Waals surface area contributed by atoms with E-state index in [0.29, 0.717) is 23.7 Å². The van der Waals surface area contributed by atoms with E-state index in [9.17, 15) is 9.18 Å². The number of carbonyl (C=O) groups is 1. The van der Waals surface area contributed by atoms with Crippen LogP contribution >= 0.6 is 12.4 Å². The quantitative estimate of drug-likeness (QED) is 0.705. The fourth-order valence-corrected chi connectivity index (χ4v) is 3.29. The van der Waals surface area contributed by atoms with Gasteiger partial charge < -0.3 is 10.1 Å². The molecule has 152 valence electrons. The van der Waals surface area contributed by atoms with Crippen LogP contribution in [-0.2, 0) is 11.8 Å². The number of carbonyl (C=O) groups excluding carboxylic acids is 1. The van der Waals surface area contributed by atoms with Gasteiger partial charge in [-0.05, 0) is 48.0 Å². The van der Waals surface area contributed by atoms with Crippen LogP contribution in [-0.4, -0.2) is 35.4 Å². The number of aryl methyl sites for hydroxylation is 1. The van der Waals surface area contributed by atoms with E-state index in [2.05, 4.69) is 10.4 Å². The lowest BCUT2D eigenvalue weighted by molar-refractivity contribution is 0.0277. The number of nitrogens with one attached hydrogen (secondary N) is 1. The Morgan fingerprint density at radius 3 is 2.34 bits per heavy atom. The number of benzene rings is 2. The van der Waals surface area contributed by atoms with Gasteiger partial charge in [-0.1, -0.05) is 12.1 Å². The number of hydrogen-bond acceptors (Lipinski definition) is 4. The molecule has 1 aliphatic heterocycles. The Hall–Kier alpha value is -2.74. The molecule has 1 fully saturated rings. The lowest BCUT2D eigenvalue weighted by Crippen LogP contribution is -2.33. The molecular weight excluding hydrogens is 395 g/mol. The van der Waals surface area contributed by atoms with Crippen LogP contribution in [0.2, 0.25) is 0 Å². The Morgan fingerprint density at radius 2 is 1.79 bits per heavy atom. The number of rotatable bonds is 4. The Kier molecular flexibility index (Phi) is 6.64. The van der Waals surface area contributed by atoms with Crippen LogP contribution in [0.5, 0.6) is 0 Å². The minimum absolute atomic E-state index is 0. The molecule has 1 N–H and O–H groups in total. The molecule has 4 rings (SSSR count). The maximum atomic E-state index is 13.4. The molecule has 0 unspecified atom stereocenters. The van der Waals surface area contributed by atoms with E-state index in [4.69, 9.17) is 4.74 Å². The maximum absolute atomic E-state index is 13.4. The molecule has 6 nitrogen and oxygen atoms in total. The summed E-state index contributed by atoms with van der Waals surface area (Å²) in [7, 11) is 1.71. The summed E-state index contributed by atoms with van der Waals surface area (Å²) in [4.78, 5) is 14.8. The van der Waals surface area contributed by atoms with Gasteiger partial charge in [-0.3, -0.25) is 14.4 Å². The van der Waals surface area contributed by atoms with Crippen LogP contribution in [0.4, 0.5) is 15.8 Å². The van der Waals surface area contributed by atoms with Crippen molar-refractivity contribution >= 4 is 29.7 Å². The number of hydrogen-bond donors (Lipinski definition) is 1. The highest BCUT2D eigenvalue weighted by molar-refractivity contribution is 6.09. The Bertz CT molecular complexity index is 954. The van der Waals surface area contributed by atoms with Crippen molar-refractivity contribution in [2.75, 3.05) is 24.6 Å². The summed E-state index contributed by atoms with van der Waals surface area (Å²) < 4.78 is 20.7. The molecule has 1 atom stereocenters. The summed E-state index contributed by atoms with van der Waals surface area (Å²) in [5, 5.41) is 7.39. The summed E-state index contributed by atoms with van der Waals surface area (Å²) >= 11 is 0. The van der Waals surface area contributed by atoms with E-state index in [1.807, 2.05) is 24.3 Å². The molecule has 1 aliphatic rings. The molecule has 0 radical (unpaired) electrons. The van der Waals surface area contributed by atoms with E-state index in [-0.39, 0.29) is 30.2 Å². The van der Waals surface area contributed by atoms with Crippen molar-refractivity contribution in [1.29, 1.82) is 0 Å². The van der Waals surface area contributed by atoms with Crippen LogP contribution in [0.15, 0.2) is 60.8 Å². The molecular formula is C21H22ClFN4O2. The molecule has 29 heavy (non-hydrogen) atoms. The van der Waals surface area contributed by atoms with Gasteiger partial charge in [-0.15, -0.1) is 12.4 Å². The molecule has 0 spiro atoms. The Labute approximate surface area is 174 Å². The van der Waals surface area contributed by atoms with E-state index in [0.717, 1.165) is 18.7 Å². The van der Waals surface area contributed by atoms with Crippen molar-refractivity contribution in [1.82, 2.24) is 15.1 Å². The second-order valence-corrected chi connectivity index (χ2v) is 6.61. The van der Waals surface area contributed by atoms with Gasteiger partial charge >= 0.3 is 0 Å². The molecule has 2 aromatic carbocycles. The Morgan fingerprint density at radius 1 is 1.14 bits per heavy atom. The third-order valence-electron chi connectivity index (χ3n) is 4.78. The Balaban J connectivity index is 0.00000240.